The van der Waals surface area contributed by atoms with Gasteiger partial charge in [0.15, 0.2) is 0 Å². The van der Waals surface area contributed by atoms with Gasteiger partial charge < -0.3 is 11.1 Å². The summed E-state index contributed by atoms with van der Waals surface area (Å²) < 4.78 is 0.514. The Labute approximate surface area is 99.3 Å². The van der Waals surface area contributed by atoms with E-state index in [4.69, 9.17) is 5.73 Å². The number of rotatable bonds is 5. The number of nitrogens with zero attached hydrogens (tertiary/aromatic N) is 2. The second kappa shape index (κ2) is 5.40. The summed E-state index contributed by atoms with van der Waals surface area (Å²) in [5.41, 5.74) is 4.78. The summed E-state index contributed by atoms with van der Waals surface area (Å²) in [6, 6.07) is 1.33. The molecule has 0 aliphatic rings. The minimum atomic E-state index is -0.551. The first-order valence-electron chi connectivity index (χ1n) is 4.33. The Balaban J connectivity index is 2.78. The molecule has 0 spiro atoms. The molecular formula is C8H9BrN4O3. The molecular weight excluding hydrogens is 280 g/mol. The molecule has 1 aromatic heterocycles. The number of primary amides is 1. The van der Waals surface area contributed by atoms with Crippen LogP contribution in [0.2, 0.25) is 0 Å². The van der Waals surface area contributed by atoms with Crippen LogP contribution in [-0.4, -0.2) is 22.4 Å². The first-order chi connectivity index (χ1) is 7.50. The van der Waals surface area contributed by atoms with Gasteiger partial charge in [0, 0.05) is 29.7 Å². The largest absolute Gasteiger partial charge is 0.370 e. The minimum Gasteiger partial charge on any atom is -0.370 e. The number of nitrogens with one attached hydrogen (secondary N) is 1. The quantitative estimate of drug-likeness (QED) is 0.621. The summed E-state index contributed by atoms with van der Waals surface area (Å²) >= 11 is 3.09. The third-order valence-corrected chi connectivity index (χ3v) is 2.13. The monoisotopic (exact) mass is 288 g/mol. The standard InChI is InChI=1S/C8H9BrN4O3/c9-5-3-6(13(15)16)8(12-4-5)11-2-1-7(10)14/h3-4H,1-2H2,(H2,10,14)(H,11,12). The van der Waals surface area contributed by atoms with E-state index < -0.39 is 10.8 Å². The van der Waals surface area contributed by atoms with Crippen LogP contribution < -0.4 is 11.1 Å². The van der Waals surface area contributed by atoms with Crippen LogP contribution in [0.25, 0.3) is 0 Å². The predicted octanol–water partition coefficient (Wildman–Crippen LogP) is 1.04. The van der Waals surface area contributed by atoms with Crippen molar-refractivity contribution >= 4 is 33.3 Å². The van der Waals surface area contributed by atoms with E-state index in [2.05, 4.69) is 26.2 Å². The molecule has 0 aliphatic heterocycles. The van der Waals surface area contributed by atoms with Crippen LogP contribution in [0.4, 0.5) is 11.5 Å². The van der Waals surface area contributed by atoms with Crippen molar-refractivity contribution in [1.82, 2.24) is 4.98 Å². The van der Waals surface area contributed by atoms with Gasteiger partial charge in [0.1, 0.15) is 0 Å². The number of amides is 1. The highest BCUT2D eigenvalue weighted by Gasteiger charge is 2.15. The average Bonchev–Trinajstić information content (AvgIpc) is 2.19. The van der Waals surface area contributed by atoms with Crippen LogP contribution in [0.5, 0.6) is 0 Å². The van der Waals surface area contributed by atoms with E-state index in [1.807, 2.05) is 0 Å². The SMILES string of the molecule is NC(=O)CCNc1ncc(Br)cc1[N+](=O)[O-]. The number of hydrogen-bond donors (Lipinski definition) is 2. The highest BCUT2D eigenvalue weighted by molar-refractivity contribution is 9.10. The summed E-state index contributed by atoms with van der Waals surface area (Å²) in [6.07, 6.45) is 1.52. The highest BCUT2D eigenvalue weighted by atomic mass is 79.9. The number of anilines is 1. The fourth-order valence-corrected chi connectivity index (χ4v) is 1.33. The lowest BCUT2D eigenvalue weighted by atomic mass is 10.3. The van der Waals surface area contributed by atoms with Crippen LogP contribution in [0.3, 0.4) is 0 Å². The topological polar surface area (TPSA) is 111 Å². The summed E-state index contributed by atoms with van der Waals surface area (Å²) in [5, 5.41) is 13.4. The van der Waals surface area contributed by atoms with E-state index in [-0.39, 0.29) is 24.5 Å². The maximum Gasteiger partial charge on any atom is 0.312 e. The number of carbonyl (C=O) groups excluding carboxylic acids is 1. The second-order valence-electron chi connectivity index (χ2n) is 2.92. The van der Waals surface area contributed by atoms with E-state index in [1.165, 1.54) is 12.3 Å². The van der Waals surface area contributed by atoms with Gasteiger partial charge in [0.2, 0.25) is 11.7 Å². The van der Waals surface area contributed by atoms with E-state index in [9.17, 15) is 14.9 Å². The normalized spacial score (nSPS) is 9.81. The summed E-state index contributed by atoms with van der Waals surface area (Å²) in [6.45, 7) is 0.213. The minimum absolute atomic E-state index is 0.0922. The number of pyridine rings is 1. The second-order valence-corrected chi connectivity index (χ2v) is 3.84. The van der Waals surface area contributed by atoms with Crippen molar-refractivity contribution in [2.24, 2.45) is 5.73 Å². The molecule has 16 heavy (non-hydrogen) atoms. The Morgan fingerprint density at radius 3 is 2.94 bits per heavy atom. The van der Waals surface area contributed by atoms with E-state index in [1.54, 1.807) is 0 Å². The molecule has 0 atom stereocenters. The van der Waals surface area contributed by atoms with E-state index in [0.29, 0.717) is 4.47 Å². The number of aromatic nitrogens is 1. The first-order valence-corrected chi connectivity index (χ1v) is 5.12. The number of carbonyl (C=O) groups is 1. The molecule has 7 nitrogen and oxygen atoms in total. The van der Waals surface area contributed by atoms with Gasteiger partial charge in [-0.15, -0.1) is 0 Å². The van der Waals surface area contributed by atoms with Crippen molar-refractivity contribution in [3.63, 3.8) is 0 Å². The molecule has 8 heteroatoms. The molecule has 0 bridgehead atoms. The molecule has 86 valence electrons. The molecule has 1 rings (SSSR count). The van der Waals surface area contributed by atoms with Gasteiger partial charge >= 0.3 is 5.69 Å². The zero-order chi connectivity index (χ0) is 12.1. The van der Waals surface area contributed by atoms with Gasteiger partial charge in [-0.25, -0.2) is 4.98 Å². The maximum atomic E-state index is 10.7. The van der Waals surface area contributed by atoms with Gasteiger partial charge in [0.25, 0.3) is 0 Å². The van der Waals surface area contributed by atoms with Gasteiger partial charge in [-0.2, -0.15) is 0 Å². The highest BCUT2D eigenvalue weighted by Crippen LogP contribution is 2.24. The van der Waals surface area contributed by atoms with E-state index in [0.717, 1.165) is 0 Å². The molecule has 1 amide bonds. The molecule has 0 aromatic carbocycles. The predicted molar refractivity (Wildman–Crippen MR) is 60.9 cm³/mol. The Hall–Kier alpha value is -1.70. The average molecular weight is 289 g/mol. The third-order valence-electron chi connectivity index (χ3n) is 1.69. The molecule has 0 unspecified atom stereocenters. The van der Waals surface area contributed by atoms with Gasteiger partial charge in [-0.3, -0.25) is 14.9 Å². The number of halogens is 1. The molecule has 0 radical (unpaired) electrons. The summed E-state index contributed by atoms with van der Waals surface area (Å²) in [5.74, 6) is -0.360. The molecule has 1 aromatic rings. The van der Waals surface area contributed by atoms with Crippen molar-refractivity contribution in [3.05, 3.63) is 26.9 Å². The lowest BCUT2D eigenvalue weighted by molar-refractivity contribution is -0.384. The van der Waals surface area contributed by atoms with Gasteiger partial charge in [0.05, 0.1) is 4.92 Å². The first kappa shape index (κ1) is 12.4. The maximum absolute atomic E-state index is 10.7. The van der Waals surface area contributed by atoms with Gasteiger partial charge in [-0.1, -0.05) is 0 Å². The smallest absolute Gasteiger partial charge is 0.312 e. The van der Waals surface area contributed by atoms with Crippen molar-refractivity contribution in [2.75, 3.05) is 11.9 Å². The summed E-state index contributed by atoms with van der Waals surface area (Å²) in [4.78, 5) is 24.5. The zero-order valence-corrected chi connectivity index (χ0v) is 9.73. The number of nitro groups is 1. The third kappa shape index (κ3) is 3.46. The Morgan fingerprint density at radius 2 is 2.38 bits per heavy atom. The molecule has 0 saturated heterocycles. The van der Waals surface area contributed by atoms with Crippen LogP contribution >= 0.6 is 15.9 Å². The fourth-order valence-electron chi connectivity index (χ4n) is 1.01. The van der Waals surface area contributed by atoms with E-state index >= 15 is 0 Å². The molecule has 3 N–H and O–H groups in total. The van der Waals surface area contributed by atoms with Gasteiger partial charge in [-0.05, 0) is 15.9 Å². The molecule has 0 fully saturated rings. The zero-order valence-electron chi connectivity index (χ0n) is 8.14. The number of nitrogens with two attached hydrogens (primary N) is 1. The van der Waals surface area contributed by atoms with Crippen LogP contribution in [-0.2, 0) is 4.79 Å². The van der Waals surface area contributed by atoms with Crippen molar-refractivity contribution in [3.8, 4) is 0 Å². The van der Waals surface area contributed by atoms with Crippen LogP contribution in [0, 0.1) is 10.1 Å². The Bertz CT molecular complexity index is 424. The molecule has 1 heterocycles. The van der Waals surface area contributed by atoms with Crippen molar-refractivity contribution in [1.29, 1.82) is 0 Å². The number of hydrogen-bond acceptors (Lipinski definition) is 5. The van der Waals surface area contributed by atoms with Crippen LogP contribution in [0.15, 0.2) is 16.7 Å². The van der Waals surface area contributed by atoms with Crippen molar-refractivity contribution in [2.45, 2.75) is 6.42 Å². The molecule has 0 saturated carbocycles. The summed E-state index contributed by atoms with van der Waals surface area (Å²) in [7, 11) is 0. The van der Waals surface area contributed by atoms with Crippen molar-refractivity contribution < 1.29 is 9.72 Å². The lowest BCUT2D eigenvalue weighted by Crippen LogP contribution is -2.16. The Kier molecular flexibility index (Phi) is 4.18. The molecule has 0 aliphatic carbocycles. The fraction of sp³-hybridized carbons (Fsp3) is 0.250. The van der Waals surface area contributed by atoms with Crippen LogP contribution in [0.1, 0.15) is 6.42 Å². The Morgan fingerprint density at radius 1 is 1.69 bits per heavy atom. The lowest BCUT2D eigenvalue weighted by Gasteiger charge is -2.04.